The number of nitrogens with one attached hydrogen (secondary N) is 1. The van der Waals surface area contributed by atoms with E-state index in [1.165, 1.54) is 11.1 Å². The molecule has 1 aliphatic rings. The molecule has 0 bridgehead atoms. The van der Waals surface area contributed by atoms with Gasteiger partial charge in [0.15, 0.2) is 0 Å². The van der Waals surface area contributed by atoms with Crippen LogP contribution < -0.4 is 5.32 Å². The highest BCUT2D eigenvalue weighted by Gasteiger charge is 2.16. The van der Waals surface area contributed by atoms with Crippen LogP contribution in [0.4, 0.5) is 5.69 Å². The summed E-state index contributed by atoms with van der Waals surface area (Å²) in [6, 6.07) is 14.2. The summed E-state index contributed by atoms with van der Waals surface area (Å²) < 4.78 is 0. The number of nitrogens with zero attached hydrogens (tertiary/aromatic N) is 1. The third-order valence-corrected chi connectivity index (χ3v) is 3.91. The first kappa shape index (κ1) is 13.7. The van der Waals surface area contributed by atoms with E-state index in [4.69, 9.17) is 0 Å². The Kier molecular flexibility index (Phi) is 3.65. The van der Waals surface area contributed by atoms with E-state index in [-0.39, 0.29) is 5.91 Å². The van der Waals surface area contributed by atoms with E-state index >= 15 is 0 Å². The van der Waals surface area contributed by atoms with Crippen LogP contribution in [0.25, 0.3) is 0 Å². The highest BCUT2D eigenvalue weighted by atomic mass is 16.2. The van der Waals surface area contributed by atoms with E-state index in [2.05, 4.69) is 30.4 Å². The van der Waals surface area contributed by atoms with Crippen molar-refractivity contribution in [1.29, 1.82) is 0 Å². The number of anilines is 1. The maximum atomic E-state index is 12.5. The van der Waals surface area contributed by atoms with Crippen molar-refractivity contribution in [3.63, 3.8) is 0 Å². The van der Waals surface area contributed by atoms with Gasteiger partial charge in [0.2, 0.25) is 0 Å². The number of rotatable bonds is 3. The van der Waals surface area contributed by atoms with Crippen molar-refractivity contribution in [3.05, 3.63) is 64.7 Å². The minimum atomic E-state index is 0.0752. The smallest absolute Gasteiger partial charge is 0.253 e. The zero-order valence-corrected chi connectivity index (χ0v) is 12.5. The first-order valence-electron chi connectivity index (χ1n) is 7.31. The summed E-state index contributed by atoms with van der Waals surface area (Å²) in [6.45, 7) is 3.67. The fourth-order valence-corrected chi connectivity index (χ4v) is 2.81. The SMILES string of the molecule is Cc1cccc(CN(C)C(=O)c2ccc3c(c2)CCN3)c1. The predicted octanol–water partition coefficient (Wildman–Crippen LogP) is 3.24. The molecule has 3 rings (SSSR count). The third kappa shape index (κ3) is 2.92. The Balaban J connectivity index is 1.75. The molecule has 0 unspecified atom stereocenters. The number of fused-ring (bicyclic) bond motifs is 1. The minimum Gasteiger partial charge on any atom is -0.384 e. The minimum absolute atomic E-state index is 0.0752. The van der Waals surface area contributed by atoms with Gasteiger partial charge in [0.25, 0.3) is 5.91 Å². The molecule has 3 heteroatoms. The summed E-state index contributed by atoms with van der Waals surface area (Å²) in [5, 5.41) is 3.32. The van der Waals surface area contributed by atoms with Crippen LogP contribution in [0.1, 0.15) is 27.0 Å². The Hall–Kier alpha value is -2.29. The fraction of sp³-hybridized carbons (Fsp3) is 0.278. The monoisotopic (exact) mass is 280 g/mol. The van der Waals surface area contributed by atoms with Crippen molar-refractivity contribution < 1.29 is 4.79 Å². The molecule has 0 radical (unpaired) electrons. The van der Waals surface area contributed by atoms with E-state index in [0.717, 1.165) is 29.8 Å². The van der Waals surface area contributed by atoms with E-state index in [0.29, 0.717) is 6.54 Å². The maximum absolute atomic E-state index is 12.5. The Morgan fingerprint density at radius 3 is 2.90 bits per heavy atom. The number of amides is 1. The summed E-state index contributed by atoms with van der Waals surface area (Å²) in [7, 11) is 1.86. The summed E-state index contributed by atoms with van der Waals surface area (Å²) in [4.78, 5) is 14.3. The predicted molar refractivity (Wildman–Crippen MR) is 85.6 cm³/mol. The van der Waals surface area contributed by atoms with Gasteiger partial charge in [-0.15, -0.1) is 0 Å². The van der Waals surface area contributed by atoms with E-state index in [9.17, 15) is 4.79 Å². The Bertz CT molecular complexity index is 679. The van der Waals surface area contributed by atoms with Crippen LogP contribution in [0, 0.1) is 6.92 Å². The second-order valence-corrected chi connectivity index (χ2v) is 5.70. The van der Waals surface area contributed by atoms with Crippen LogP contribution in [0.5, 0.6) is 0 Å². The van der Waals surface area contributed by atoms with E-state index < -0.39 is 0 Å². The molecule has 1 N–H and O–H groups in total. The van der Waals surface area contributed by atoms with Crippen molar-refractivity contribution in [2.45, 2.75) is 19.9 Å². The van der Waals surface area contributed by atoms with Crippen LogP contribution in [0.3, 0.4) is 0 Å². The van der Waals surface area contributed by atoms with Gasteiger partial charge < -0.3 is 10.2 Å². The number of carbonyl (C=O) groups is 1. The Labute approximate surface area is 125 Å². The first-order valence-corrected chi connectivity index (χ1v) is 7.31. The number of benzene rings is 2. The van der Waals surface area contributed by atoms with Crippen molar-refractivity contribution in [2.24, 2.45) is 0 Å². The summed E-state index contributed by atoms with van der Waals surface area (Å²) in [5.41, 5.74) is 5.55. The molecule has 0 aromatic heterocycles. The molecular weight excluding hydrogens is 260 g/mol. The fourth-order valence-electron chi connectivity index (χ4n) is 2.81. The molecule has 0 spiro atoms. The molecule has 2 aromatic carbocycles. The van der Waals surface area contributed by atoms with Gasteiger partial charge in [0.1, 0.15) is 0 Å². The zero-order chi connectivity index (χ0) is 14.8. The molecule has 1 amide bonds. The lowest BCUT2D eigenvalue weighted by Crippen LogP contribution is -2.26. The highest BCUT2D eigenvalue weighted by Crippen LogP contribution is 2.23. The van der Waals surface area contributed by atoms with Crippen LogP contribution in [-0.4, -0.2) is 24.4 Å². The zero-order valence-electron chi connectivity index (χ0n) is 12.5. The summed E-state index contributed by atoms with van der Waals surface area (Å²) >= 11 is 0. The van der Waals surface area contributed by atoms with Crippen molar-refractivity contribution in [3.8, 4) is 0 Å². The molecule has 1 aliphatic heterocycles. The number of aryl methyl sites for hydroxylation is 1. The Morgan fingerprint density at radius 1 is 1.24 bits per heavy atom. The van der Waals surface area contributed by atoms with Gasteiger partial charge in [0.05, 0.1) is 0 Å². The summed E-state index contributed by atoms with van der Waals surface area (Å²) in [6.07, 6.45) is 0.998. The third-order valence-electron chi connectivity index (χ3n) is 3.91. The van der Waals surface area contributed by atoms with E-state index in [1.807, 2.05) is 31.3 Å². The largest absolute Gasteiger partial charge is 0.384 e. The molecule has 0 fully saturated rings. The summed E-state index contributed by atoms with van der Waals surface area (Å²) in [5.74, 6) is 0.0752. The lowest BCUT2D eigenvalue weighted by atomic mass is 10.1. The van der Waals surface area contributed by atoms with Crippen molar-refractivity contribution in [2.75, 3.05) is 18.9 Å². The van der Waals surface area contributed by atoms with Crippen LogP contribution >= 0.6 is 0 Å². The average molecular weight is 280 g/mol. The number of carbonyl (C=O) groups excluding carboxylic acids is 1. The topological polar surface area (TPSA) is 32.3 Å². The highest BCUT2D eigenvalue weighted by molar-refractivity contribution is 5.94. The van der Waals surface area contributed by atoms with Crippen LogP contribution in [0.2, 0.25) is 0 Å². The maximum Gasteiger partial charge on any atom is 0.253 e. The molecular formula is C18H20N2O. The normalized spacial score (nSPS) is 12.7. The molecule has 0 saturated carbocycles. The van der Waals surface area contributed by atoms with Crippen molar-refractivity contribution >= 4 is 11.6 Å². The molecule has 1 heterocycles. The van der Waals surface area contributed by atoms with Gasteiger partial charge in [-0.05, 0) is 42.7 Å². The van der Waals surface area contributed by atoms with Gasteiger partial charge in [-0.1, -0.05) is 29.8 Å². The van der Waals surface area contributed by atoms with Crippen molar-refractivity contribution in [1.82, 2.24) is 4.90 Å². The molecule has 3 nitrogen and oxygen atoms in total. The molecule has 0 aliphatic carbocycles. The van der Waals surface area contributed by atoms with Crippen LogP contribution in [0.15, 0.2) is 42.5 Å². The Morgan fingerprint density at radius 2 is 2.10 bits per heavy atom. The quantitative estimate of drug-likeness (QED) is 0.936. The number of hydrogen-bond donors (Lipinski definition) is 1. The molecule has 108 valence electrons. The lowest BCUT2D eigenvalue weighted by molar-refractivity contribution is 0.0785. The second kappa shape index (κ2) is 5.60. The average Bonchev–Trinajstić information content (AvgIpc) is 2.93. The second-order valence-electron chi connectivity index (χ2n) is 5.70. The van der Waals surface area contributed by atoms with Gasteiger partial charge in [-0.3, -0.25) is 4.79 Å². The lowest BCUT2D eigenvalue weighted by Gasteiger charge is -2.18. The molecule has 2 aromatic rings. The van der Waals surface area contributed by atoms with E-state index in [1.54, 1.807) is 4.90 Å². The van der Waals surface area contributed by atoms with Gasteiger partial charge in [-0.2, -0.15) is 0 Å². The van der Waals surface area contributed by atoms with Gasteiger partial charge in [-0.25, -0.2) is 0 Å². The van der Waals surface area contributed by atoms with Gasteiger partial charge in [0, 0.05) is 31.4 Å². The number of hydrogen-bond acceptors (Lipinski definition) is 2. The first-order chi connectivity index (χ1) is 10.1. The molecule has 21 heavy (non-hydrogen) atoms. The van der Waals surface area contributed by atoms with Gasteiger partial charge >= 0.3 is 0 Å². The molecule has 0 saturated heterocycles. The molecule has 0 atom stereocenters. The van der Waals surface area contributed by atoms with Crippen LogP contribution in [-0.2, 0) is 13.0 Å². The standard InChI is InChI=1S/C18H20N2O/c1-13-4-3-5-14(10-13)12-20(2)18(21)16-6-7-17-15(11-16)8-9-19-17/h3-7,10-11,19H,8-9,12H2,1-2H3.